The highest BCUT2D eigenvalue weighted by Crippen LogP contribution is 2.18. The molecule has 29 heavy (non-hydrogen) atoms. The van der Waals surface area contributed by atoms with Gasteiger partial charge in [0.05, 0.1) is 11.2 Å². The Morgan fingerprint density at radius 3 is 2.41 bits per heavy atom. The summed E-state index contributed by atoms with van der Waals surface area (Å²) in [5, 5.41) is 10.7. The maximum Gasteiger partial charge on any atom is 0.306 e. The summed E-state index contributed by atoms with van der Waals surface area (Å²) in [6.45, 7) is 4.00. The number of benzene rings is 2. The van der Waals surface area contributed by atoms with Crippen molar-refractivity contribution in [2.45, 2.75) is 26.4 Å². The second kappa shape index (κ2) is 9.33. The molecule has 0 spiro atoms. The van der Waals surface area contributed by atoms with Gasteiger partial charge >= 0.3 is 10.1 Å². The van der Waals surface area contributed by atoms with Gasteiger partial charge in [0.25, 0.3) is 5.69 Å². The Bertz CT molecular complexity index is 1010. The Hall–Kier alpha value is -3.20. The molecule has 154 valence electrons. The smallest absolute Gasteiger partial charge is 0.306 e. The zero-order valence-corrected chi connectivity index (χ0v) is 17.1. The highest BCUT2D eigenvalue weighted by molar-refractivity contribution is 7.86. The lowest BCUT2D eigenvalue weighted by Gasteiger charge is -2.25. The lowest BCUT2D eigenvalue weighted by atomic mass is 10.1. The predicted octanol–water partition coefficient (Wildman–Crippen LogP) is 3.38. The molecule has 2 rings (SSSR count). The number of nitro benzene ring substituents is 1. The van der Waals surface area contributed by atoms with Crippen molar-refractivity contribution in [2.24, 2.45) is 0 Å². The lowest BCUT2D eigenvalue weighted by Crippen LogP contribution is -2.35. The summed E-state index contributed by atoms with van der Waals surface area (Å²) >= 11 is 0. The van der Waals surface area contributed by atoms with Crippen LogP contribution >= 0.6 is 0 Å². The monoisotopic (exact) mass is 418 g/mol. The van der Waals surface area contributed by atoms with Gasteiger partial charge in [0, 0.05) is 30.8 Å². The topological polar surface area (TPSA) is 107 Å². The molecule has 0 unspecified atom stereocenters. The van der Waals surface area contributed by atoms with Crippen LogP contribution in [-0.4, -0.2) is 36.4 Å². The molecule has 2 aromatic rings. The van der Waals surface area contributed by atoms with Crippen LogP contribution in [0.5, 0.6) is 5.75 Å². The Morgan fingerprint density at radius 2 is 1.86 bits per heavy atom. The van der Waals surface area contributed by atoms with Crippen LogP contribution in [0, 0.1) is 10.1 Å². The largest absolute Gasteiger partial charge is 0.383 e. The Balaban J connectivity index is 2.13. The first-order valence-corrected chi connectivity index (χ1v) is 10.6. The fraction of sp³-hybridized carbons (Fsp3) is 0.250. The highest BCUT2D eigenvalue weighted by Gasteiger charge is 2.16. The van der Waals surface area contributed by atoms with Crippen molar-refractivity contribution in [3.8, 4) is 5.75 Å². The van der Waals surface area contributed by atoms with E-state index in [1.165, 1.54) is 24.3 Å². The van der Waals surface area contributed by atoms with Crippen molar-refractivity contribution in [1.82, 2.24) is 4.90 Å². The van der Waals surface area contributed by atoms with Gasteiger partial charge in [0.2, 0.25) is 5.91 Å². The molecule has 0 N–H and O–H groups in total. The molecule has 1 amide bonds. The molecule has 0 saturated carbocycles. The third-order valence-corrected chi connectivity index (χ3v) is 4.42. The van der Waals surface area contributed by atoms with Crippen LogP contribution < -0.4 is 4.18 Å². The summed E-state index contributed by atoms with van der Waals surface area (Å²) < 4.78 is 27.5. The van der Waals surface area contributed by atoms with E-state index in [4.69, 9.17) is 4.18 Å². The molecule has 0 aliphatic heterocycles. The van der Waals surface area contributed by atoms with Crippen LogP contribution in [0.25, 0.3) is 6.08 Å². The van der Waals surface area contributed by atoms with Crippen LogP contribution in [0.2, 0.25) is 0 Å². The van der Waals surface area contributed by atoms with Crippen LogP contribution in [0.15, 0.2) is 54.6 Å². The first kappa shape index (κ1) is 22.1. The quantitative estimate of drug-likeness (QED) is 0.281. The predicted molar refractivity (Wildman–Crippen MR) is 110 cm³/mol. The molecule has 2 aromatic carbocycles. The van der Waals surface area contributed by atoms with E-state index in [1.54, 1.807) is 41.3 Å². The number of rotatable bonds is 8. The molecule has 0 aliphatic rings. The van der Waals surface area contributed by atoms with Crippen molar-refractivity contribution >= 4 is 27.8 Å². The van der Waals surface area contributed by atoms with E-state index < -0.39 is 15.0 Å². The SMILES string of the molecule is CC(C)N(Cc1cccc(OS(C)(=O)=O)c1)C(=O)C=Cc1ccc([N+](=O)[O-])cc1. The fourth-order valence-electron chi connectivity index (χ4n) is 2.55. The number of amides is 1. The third kappa shape index (κ3) is 7.04. The van der Waals surface area contributed by atoms with E-state index in [0.29, 0.717) is 5.56 Å². The Morgan fingerprint density at radius 1 is 1.21 bits per heavy atom. The van der Waals surface area contributed by atoms with Gasteiger partial charge in [0.15, 0.2) is 0 Å². The maximum atomic E-state index is 12.7. The average Bonchev–Trinajstić information content (AvgIpc) is 2.63. The van der Waals surface area contributed by atoms with E-state index in [1.807, 2.05) is 13.8 Å². The summed E-state index contributed by atoms with van der Waals surface area (Å²) in [4.78, 5) is 24.5. The van der Waals surface area contributed by atoms with Crippen molar-refractivity contribution < 1.29 is 22.3 Å². The minimum atomic E-state index is -3.64. The highest BCUT2D eigenvalue weighted by atomic mass is 32.2. The van der Waals surface area contributed by atoms with Crippen LogP contribution in [-0.2, 0) is 21.5 Å². The molecule has 0 aromatic heterocycles. The van der Waals surface area contributed by atoms with Crippen LogP contribution in [0.4, 0.5) is 5.69 Å². The molecule has 0 aliphatic carbocycles. The molecule has 9 heteroatoms. The van der Waals surface area contributed by atoms with E-state index >= 15 is 0 Å². The number of hydrogen-bond donors (Lipinski definition) is 0. The minimum Gasteiger partial charge on any atom is -0.383 e. The van der Waals surface area contributed by atoms with E-state index in [0.717, 1.165) is 11.8 Å². The summed E-state index contributed by atoms with van der Waals surface area (Å²) in [6.07, 6.45) is 3.95. The minimum absolute atomic E-state index is 0.0199. The molecule has 0 fully saturated rings. The van der Waals surface area contributed by atoms with E-state index in [-0.39, 0.29) is 29.9 Å². The summed E-state index contributed by atoms with van der Waals surface area (Å²) in [7, 11) is -3.64. The van der Waals surface area contributed by atoms with Gasteiger partial charge in [-0.2, -0.15) is 8.42 Å². The van der Waals surface area contributed by atoms with Gasteiger partial charge in [0.1, 0.15) is 5.75 Å². The number of nitro groups is 1. The van der Waals surface area contributed by atoms with Crippen molar-refractivity contribution in [2.75, 3.05) is 6.26 Å². The number of hydrogen-bond acceptors (Lipinski definition) is 6. The van der Waals surface area contributed by atoms with Gasteiger partial charge in [-0.15, -0.1) is 0 Å². The van der Waals surface area contributed by atoms with Crippen molar-refractivity contribution in [1.29, 1.82) is 0 Å². The molecule has 0 radical (unpaired) electrons. The standard InChI is InChI=1S/C20H22N2O6S/c1-15(2)21(14-17-5-4-6-19(13-17)28-29(3,26)27)20(23)12-9-16-7-10-18(11-8-16)22(24)25/h4-13,15H,14H2,1-3H3. The zero-order chi connectivity index (χ0) is 21.6. The second-order valence-corrected chi connectivity index (χ2v) is 8.25. The van der Waals surface area contributed by atoms with Crippen LogP contribution in [0.3, 0.4) is 0 Å². The van der Waals surface area contributed by atoms with Gasteiger partial charge in [-0.3, -0.25) is 14.9 Å². The summed E-state index contributed by atoms with van der Waals surface area (Å²) in [5.41, 5.74) is 1.36. The Kier molecular flexibility index (Phi) is 7.11. The van der Waals surface area contributed by atoms with Gasteiger partial charge < -0.3 is 9.08 Å². The normalized spacial score (nSPS) is 11.6. The third-order valence-electron chi connectivity index (χ3n) is 3.93. The maximum absolute atomic E-state index is 12.7. The van der Waals surface area contributed by atoms with Crippen molar-refractivity contribution in [3.05, 3.63) is 75.8 Å². The number of non-ortho nitro benzene ring substituents is 1. The van der Waals surface area contributed by atoms with Gasteiger partial charge in [-0.05, 0) is 55.3 Å². The number of carbonyl (C=O) groups is 1. The Labute approximate surface area is 169 Å². The second-order valence-electron chi connectivity index (χ2n) is 6.68. The summed E-state index contributed by atoms with van der Waals surface area (Å²) in [6, 6.07) is 12.3. The fourth-order valence-corrected chi connectivity index (χ4v) is 3.01. The zero-order valence-electron chi connectivity index (χ0n) is 16.3. The summed E-state index contributed by atoms with van der Waals surface area (Å²) in [5.74, 6) is -0.0598. The molecular weight excluding hydrogens is 396 g/mol. The number of nitrogens with zero attached hydrogens (tertiary/aromatic N) is 2. The molecular formula is C20H22N2O6S. The molecule has 0 heterocycles. The van der Waals surface area contributed by atoms with Gasteiger partial charge in [-0.1, -0.05) is 12.1 Å². The first-order chi connectivity index (χ1) is 13.5. The van der Waals surface area contributed by atoms with Gasteiger partial charge in [-0.25, -0.2) is 0 Å². The average molecular weight is 418 g/mol. The molecule has 0 bridgehead atoms. The molecule has 0 atom stereocenters. The molecule has 0 saturated heterocycles. The lowest BCUT2D eigenvalue weighted by molar-refractivity contribution is -0.384. The van der Waals surface area contributed by atoms with Crippen LogP contribution in [0.1, 0.15) is 25.0 Å². The van der Waals surface area contributed by atoms with E-state index in [9.17, 15) is 23.3 Å². The van der Waals surface area contributed by atoms with Crippen molar-refractivity contribution in [3.63, 3.8) is 0 Å². The van der Waals surface area contributed by atoms with E-state index in [2.05, 4.69) is 0 Å². The molecule has 8 nitrogen and oxygen atoms in total. The first-order valence-electron chi connectivity index (χ1n) is 8.76. The number of carbonyl (C=O) groups excluding carboxylic acids is 1.